The van der Waals surface area contributed by atoms with Crippen LogP contribution in [0.25, 0.3) is 22.5 Å². The van der Waals surface area contributed by atoms with Crippen LogP contribution in [0.1, 0.15) is 26.2 Å². The van der Waals surface area contributed by atoms with Gasteiger partial charge in [0.05, 0.1) is 6.61 Å². The number of benzene rings is 1. The second-order valence-corrected chi connectivity index (χ2v) is 5.60. The minimum Gasteiger partial charge on any atom is -0.463 e. The quantitative estimate of drug-likeness (QED) is 0.484. The lowest BCUT2D eigenvalue weighted by molar-refractivity contribution is -0.137. The third-order valence-corrected chi connectivity index (χ3v) is 3.79. The molecule has 3 aromatic rings. The zero-order valence-electron chi connectivity index (χ0n) is 14.4. The van der Waals surface area contributed by atoms with E-state index in [1.807, 2.05) is 34.9 Å². The SMILES string of the molecule is CCCc1nnc(-c2cc3ccccc3n2C/C=C/C(=O)OCC)o1. The fraction of sp³-hybridized carbons (Fsp3) is 0.316. The Morgan fingerprint density at radius 1 is 1.28 bits per heavy atom. The molecule has 0 aliphatic rings. The van der Waals surface area contributed by atoms with E-state index in [-0.39, 0.29) is 5.97 Å². The number of carbonyl (C=O) groups is 1. The van der Waals surface area contributed by atoms with E-state index >= 15 is 0 Å². The average molecular weight is 339 g/mol. The maximum absolute atomic E-state index is 11.5. The molecule has 6 nitrogen and oxygen atoms in total. The smallest absolute Gasteiger partial charge is 0.330 e. The highest BCUT2D eigenvalue weighted by atomic mass is 16.5. The number of esters is 1. The van der Waals surface area contributed by atoms with Crippen LogP contribution in [0.4, 0.5) is 0 Å². The Morgan fingerprint density at radius 2 is 2.12 bits per heavy atom. The first-order chi connectivity index (χ1) is 12.2. The number of allylic oxidation sites excluding steroid dienone is 1. The summed E-state index contributed by atoms with van der Waals surface area (Å²) in [5.41, 5.74) is 1.88. The Hall–Kier alpha value is -2.89. The van der Waals surface area contributed by atoms with Crippen molar-refractivity contribution in [3.63, 3.8) is 0 Å². The Kier molecular flexibility index (Phi) is 5.28. The molecule has 0 atom stereocenters. The summed E-state index contributed by atoms with van der Waals surface area (Å²) in [5.74, 6) is 0.782. The average Bonchev–Trinajstić information content (AvgIpc) is 3.20. The molecule has 0 aliphatic carbocycles. The molecule has 6 heteroatoms. The van der Waals surface area contributed by atoms with Gasteiger partial charge < -0.3 is 13.7 Å². The van der Waals surface area contributed by atoms with Crippen LogP contribution in [-0.4, -0.2) is 27.3 Å². The van der Waals surface area contributed by atoms with Gasteiger partial charge in [0.1, 0.15) is 5.69 Å². The summed E-state index contributed by atoms with van der Waals surface area (Å²) in [7, 11) is 0. The van der Waals surface area contributed by atoms with Crippen LogP contribution < -0.4 is 0 Å². The molecule has 2 aromatic heterocycles. The molecule has 0 saturated heterocycles. The number of hydrogen-bond acceptors (Lipinski definition) is 5. The minimum absolute atomic E-state index is 0.344. The van der Waals surface area contributed by atoms with Crippen molar-refractivity contribution in [3.8, 4) is 11.6 Å². The Bertz CT molecular complexity index is 892. The highest BCUT2D eigenvalue weighted by Gasteiger charge is 2.15. The lowest BCUT2D eigenvalue weighted by atomic mass is 10.2. The molecule has 25 heavy (non-hydrogen) atoms. The van der Waals surface area contributed by atoms with E-state index in [2.05, 4.69) is 17.1 Å². The molecular formula is C19H21N3O3. The van der Waals surface area contributed by atoms with Gasteiger partial charge in [-0.25, -0.2) is 4.79 Å². The standard InChI is InChI=1S/C19H21N3O3/c1-3-8-17-20-21-19(25-17)16-13-14-9-5-6-10-15(14)22(16)12-7-11-18(23)24-4-2/h5-7,9-11,13H,3-4,8,12H2,1-2H3/b11-7+. The van der Waals surface area contributed by atoms with Gasteiger partial charge in [-0.3, -0.25) is 0 Å². The number of carbonyl (C=O) groups excluding carboxylic acids is 1. The first-order valence-corrected chi connectivity index (χ1v) is 8.47. The second-order valence-electron chi connectivity index (χ2n) is 5.60. The molecule has 0 unspecified atom stereocenters. The van der Waals surface area contributed by atoms with Crippen molar-refractivity contribution in [1.82, 2.24) is 14.8 Å². The molecule has 0 saturated carbocycles. The molecule has 0 spiro atoms. The minimum atomic E-state index is -0.344. The Labute approximate surface area is 146 Å². The number of ether oxygens (including phenoxy) is 1. The van der Waals surface area contributed by atoms with Gasteiger partial charge in [-0.15, -0.1) is 10.2 Å². The van der Waals surface area contributed by atoms with Crippen molar-refractivity contribution < 1.29 is 13.9 Å². The molecule has 0 radical (unpaired) electrons. The summed E-state index contributed by atoms with van der Waals surface area (Å²) in [6.45, 7) is 4.73. The van der Waals surface area contributed by atoms with Crippen molar-refractivity contribution in [3.05, 3.63) is 48.4 Å². The highest BCUT2D eigenvalue weighted by Crippen LogP contribution is 2.27. The van der Waals surface area contributed by atoms with Gasteiger partial charge in [0, 0.05) is 29.9 Å². The van der Waals surface area contributed by atoms with Gasteiger partial charge in [-0.1, -0.05) is 31.2 Å². The molecule has 3 rings (SSSR count). The van der Waals surface area contributed by atoms with Crippen molar-refractivity contribution in [2.45, 2.75) is 33.2 Å². The van der Waals surface area contributed by atoms with E-state index in [1.165, 1.54) is 6.08 Å². The van der Waals surface area contributed by atoms with E-state index in [0.717, 1.165) is 29.4 Å². The predicted molar refractivity (Wildman–Crippen MR) is 95.0 cm³/mol. The van der Waals surface area contributed by atoms with Crippen LogP contribution in [0.15, 0.2) is 46.9 Å². The fourth-order valence-electron chi connectivity index (χ4n) is 2.70. The predicted octanol–water partition coefficient (Wildman–Crippen LogP) is 3.76. The van der Waals surface area contributed by atoms with Crippen LogP contribution in [0.2, 0.25) is 0 Å². The van der Waals surface area contributed by atoms with Crippen LogP contribution in [0.5, 0.6) is 0 Å². The number of aryl methyl sites for hydroxylation is 1. The van der Waals surface area contributed by atoms with Gasteiger partial charge in [-0.2, -0.15) is 0 Å². The molecule has 0 aliphatic heterocycles. The molecular weight excluding hydrogens is 318 g/mol. The highest BCUT2D eigenvalue weighted by molar-refractivity contribution is 5.86. The number of para-hydroxylation sites is 1. The number of hydrogen-bond donors (Lipinski definition) is 0. The van der Waals surface area contributed by atoms with Gasteiger partial charge in [0.25, 0.3) is 5.89 Å². The summed E-state index contributed by atoms with van der Waals surface area (Å²) in [4.78, 5) is 11.5. The monoisotopic (exact) mass is 339 g/mol. The molecule has 130 valence electrons. The molecule has 0 bridgehead atoms. The Balaban J connectivity index is 1.95. The summed E-state index contributed by atoms with van der Waals surface area (Å²) >= 11 is 0. The van der Waals surface area contributed by atoms with Crippen molar-refractivity contribution in [2.24, 2.45) is 0 Å². The van der Waals surface area contributed by atoms with E-state index in [0.29, 0.717) is 24.9 Å². The van der Waals surface area contributed by atoms with Gasteiger partial charge >= 0.3 is 5.97 Å². The lowest BCUT2D eigenvalue weighted by Gasteiger charge is -2.05. The largest absolute Gasteiger partial charge is 0.463 e. The molecule has 0 amide bonds. The van der Waals surface area contributed by atoms with E-state index in [9.17, 15) is 4.79 Å². The second kappa shape index (κ2) is 7.79. The van der Waals surface area contributed by atoms with Crippen LogP contribution >= 0.6 is 0 Å². The third kappa shape index (κ3) is 3.79. The maximum atomic E-state index is 11.5. The van der Waals surface area contributed by atoms with Crippen molar-refractivity contribution >= 4 is 16.9 Å². The number of aromatic nitrogens is 3. The van der Waals surface area contributed by atoms with Crippen molar-refractivity contribution in [1.29, 1.82) is 0 Å². The van der Waals surface area contributed by atoms with Crippen molar-refractivity contribution in [2.75, 3.05) is 6.61 Å². The van der Waals surface area contributed by atoms with Crippen LogP contribution in [0.3, 0.4) is 0 Å². The van der Waals surface area contributed by atoms with Gasteiger partial charge in [0.2, 0.25) is 5.89 Å². The maximum Gasteiger partial charge on any atom is 0.330 e. The van der Waals surface area contributed by atoms with E-state index in [4.69, 9.17) is 9.15 Å². The number of rotatable bonds is 7. The summed E-state index contributed by atoms with van der Waals surface area (Å²) in [6, 6.07) is 10.1. The topological polar surface area (TPSA) is 70.2 Å². The zero-order chi connectivity index (χ0) is 17.6. The molecule has 0 N–H and O–H groups in total. The van der Waals surface area contributed by atoms with E-state index < -0.39 is 0 Å². The third-order valence-electron chi connectivity index (χ3n) is 3.79. The molecule has 1 aromatic carbocycles. The van der Waals surface area contributed by atoms with Gasteiger partial charge in [0.15, 0.2) is 0 Å². The fourth-order valence-corrected chi connectivity index (χ4v) is 2.70. The van der Waals surface area contributed by atoms with Gasteiger partial charge in [-0.05, 0) is 25.5 Å². The normalized spacial score (nSPS) is 11.4. The summed E-state index contributed by atoms with van der Waals surface area (Å²) in [5, 5.41) is 9.37. The van der Waals surface area contributed by atoms with Crippen LogP contribution in [-0.2, 0) is 22.5 Å². The summed E-state index contributed by atoms with van der Waals surface area (Å²) in [6.07, 6.45) is 4.93. The lowest BCUT2D eigenvalue weighted by Crippen LogP contribution is -2.02. The first kappa shape index (κ1) is 17.0. The Morgan fingerprint density at radius 3 is 2.92 bits per heavy atom. The van der Waals surface area contributed by atoms with Crippen LogP contribution in [0, 0.1) is 0 Å². The summed E-state index contributed by atoms with van der Waals surface area (Å²) < 4.78 is 12.8. The van der Waals surface area contributed by atoms with E-state index in [1.54, 1.807) is 13.0 Å². The molecule has 2 heterocycles. The zero-order valence-corrected chi connectivity index (χ0v) is 14.4. The number of nitrogens with zero attached hydrogens (tertiary/aromatic N) is 3. The first-order valence-electron chi connectivity index (χ1n) is 8.47. The molecule has 0 fully saturated rings. The number of fused-ring (bicyclic) bond motifs is 1.